The van der Waals surface area contributed by atoms with E-state index in [1.807, 2.05) is 37.3 Å². The topological polar surface area (TPSA) is 92.8 Å². The van der Waals surface area contributed by atoms with Crippen LogP contribution >= 0.6 is 0 Å². The van der Waals surface area contributed by atoms with Crippen LogP contribution in [-0.2, 0) is 19.6 Å². The first-order valence-corrected chi connectivity index (χ1v) is 10.5. The van der Waals surface area contributed by atoms with E-state index in [4.69, 9.17) is 4.74 Å². The molecular weight excluding hydrogens is 380 g/mol. The van der Waals surface area contributed by atoms with E-state index < -0.39 is 16.1 Å². The SMILES string of the molecule is CC[C@@H](NS(=O)(=O)c1ccc(OC)c(N2C(=O)CCC2=O)c1)c1ccccc1. The number of ether oxygens (including phenoxy) is 1. The predicted octanol–water partition coefficient (Wildman–Crippen LogP) is 2.78. The quantitative estimate of drug-likeness (QED) is 0.719. The number of imide groups is 1. The van der Waals surface area contributed by atoms with Crippen molar-refractivity contribution in [2.45, 2.75) is 37.1 Å². The second kappa shape index (κ2) is 8.12. The Morgan fingerprint density at radius 2 is 1.71 bits per heavy atom. The van der Waals surface area contributed by atoms with E-state index in [-0.39, 0.29) is 41.0 Å². The van der Waals surface area contributed by atoms with Crippen LogP contribution in [0.4, 0.5) is 5.69 Å². The van der Waals surface area contributed by atoms with Gasteiger partial charge in [-0.25, -0.2) is 18.0 Å². The highest BCUT2D eigenvalue weighted by molar-refractivity contribution is 7.89. The van der Waals surface area contributed by atoms with Crippen molar-refractivity contribution in [3.8, 4) is 5.75 Å². The Labute approximate surface area is 164 Å². The summed E-state index contributed by atoms with van der Waals surface area (Å²) in [7, 11) is -2.48. The molecule has 1 atom stereocenters. The third kappa shape index (κ3) is 3.93. The molecule has 0 radical (unpaired) electrons. The number of anilines is 1. The number of carbonyl (C=O) groups excluding carboxylic acids is 2. The van der Waals surface area contributed by atoms with E-state index >= 15 is 0 Å². The number of hydrogen-bond donors (Lipinski definition) is 1. The molecule has 0 saturated carbocycles. The monoisotopic (exact) mass is 402 g/mol. The highest BCUT2D eigenvalue weighted by atomic mass is 32.2. The minimum Gasteiger partial charge on any atom is -0.495 e. The molecule has 7 nitrogen and oxygen atoms in total. The molecule has 0 aliphatic carbocycles. The van der Waals surface area contributed by atoms with Crippen LogP contribution in [0.2, 0.25) is 0 Å². The fourth-order valence-electron chi connectivity index (χ4n) is 3.18. The number of nitrogens with zero attached hydrogens (tertiary/aromatic N) is 1. The first kappa shape index (κ1) is 20.0. The van der Waals surface area contributed by atoms with Gasteiger partial charge < -0.3 is 4.74 Å². The van der Waals surface area contributed by atoms with Gasteiger partial charge in [0.25, 0.3) is 0 Å². The van der Waals surface area contributed by atoms with Crippen molar-refractivity contribution in [3.63, 3.8) is 0 Å². The molecule has 2 aromatic rings. The summed E-state index contributed by atoms with van der Waals surface area (Å²) in [6.07, 6.45) is 0.765. The molecule has 148 valence electrons. The van der Waals surface area contributed by atoms with Crippen LogP contribution < -0.4 is 14.4 Å². The number of hydrogen-bond acceptors (Lipinski definition) is 5. The van der Waals surface area contributed by atoms with Gasteiger partial charge in [0.2, 0.25) is 21.8 Å². The Balaban J connectivity index is 1.97. The summed E-state index contributed by atoms with van der Waals surface area (Å²) in [6.45, 7) is 1.89. The summed E-state index contributed by atoms with van der Waals surface area (Å²) in [5.74, 6) is -0.485. The zero-order chi connectivity index (χ0) is 20.3. The molecule has 28 heavy (non-hydrogen) atoms. The minimum atomic E-state index is -3.89. The average molecular weight is 402 g/mol. The van der Waals surface area contributed by atoms with Gasteiger partial charge in [-0.3, -0.25) is 9.59 Å². The fraction of sp³-hybridized carbons (Fsp3) is 0.300. The van der Waals surface area contributed by atoms with Crippen molar-refractivity contribution in [1.29, 1.82) is 0 Å². The summed E-state index contributed by atoms with van der Waals surface area (Å²) in [5, 5.41) is 0. The molecule has 1 N–H and O–H groups in total. The lowest BCUT2D eigenvalue weighted by Gasteiger charge is -2.20. The van der Waals surface area contributed by atoms with Crippen molar-refractivity contribution in [1.82, 2.24) is 4.72 Å². The van der Waals surface area contributed by atoms with Crippen LogP contribution in [0.3, 0.4) is 0 Å². The number of rotatable bonds is 7. The zero-order valence-corrected chi connectivity index (χ0v) is 16.5. The maximum Gasteiger partial charge on any atom is 0.241 e. The molecule has 0 bridgehead atoms. The van der Waals surface area contributed by atoms with Gasteiger partial charge >= 0.3 is 0 Å². The average Bonchev–Trinajstić information content (AvgIpc) is 3.04. The van der Waals surface area contributed by atoms with Crippen molar-refractivity contribution >= 4 is 27.5 Å². The number of benzene rings is 2. The van der Waals surface area contributed by atoms with Crippen LogP contribution in [0.25, 0.3) is 0 Å². The second-order valence-corrected chi connectivity index (χ2v) is 8.16. The minimum absolute atomic E-state index is 0.0369. The molecule has 0 aromatic heterocycles. The van der Waals surface area contributed by atoms with Crippen molar-refractivity contribution < 1.29 is 22.7 Å². The third-order valence-electron chi connectivity index (χ3n) is 4.66. The molecule has 0 unspecified atom stereocenters. The Kier molecular flexibility index (Phi) is 5.81. The van der Waals surface area contributed by atoms with Gasteiger partial charge in [0.05, 0.1) is 17.7 Å². The lowest BCUT2D eigenvalue weighted by Crippen LogP contribution is -2.31. The van der Waals surface area contributed by atoms with Crippen LogP contribution in [0.15, 0.2) is 53.4 Å². The lowest BCUT2D eigenvalue weighted by atomic mass is 10.1. The third-order valence-corrected chi connectivity index (χ3v) is 6.13. The molecule has 1 fully saturated rings. The van der Waals surface area contributed by atoms with Crippen LogP contribution in [-0.4, -0.2) is 27.3 Å². The van der Waals surface area contributed by atoms with Crippen molar-refractivity contribution in [3.05, 3.63) is 54.1 Å². The first-order chi connectivity index (χ1) is 13.4. The van der Waals surface area contributed by atoms with Gasteiger partial charge in [-0.15, -0.1) is 0 Å². The van der Waals surface area contributed by atoms with E-state index in [1.165, 1.54) is 25.3 Å². The molecule has 8 heteroatoms. The van der Waals surface area contributed by atoms with Gasteiger partial charge in [0, 0.05) is 18.9 Å². The first-order valence-electron chi connectivity index (χ1n) is 8.98. The molecule has 2 aromatic carbocycles. The fourth-order valence-corrected chi connectivity index (χ4v) is 4.51. The van der Waals surface area contributed by atoms with Gasteiger partial charge in [-0.05, 0) is 30.2 Å². The van der Waals surface area contributed by atoms with Crippen LogP contribution in [0, 0.1) is 0 Å². The van der Waals surface area contributed by atoms with Crippen molar-refractivity contribution in [2.75, 3.05) is 12.0 Å². The number of carbonyl (C=O) groups is 2. The van der Waals surface area contributed by atoms with E-state index in [0.717, 1.165) is 10.5 Å². The maximum atomic E-state index is 13.0. The molecule has 1 saturated heterocycles. The Morgan fingerprint density at radius 3 is 2.29 bits per heavy atom. The molecule has 1 aliphatic rings. The summed E-state index contributed by atoms with van der Waals surface area (Å²) in [6, 6.07) is 13.0. The highest BCUT2D eigenvalue weighted by Crippen LogP contribution is 2.34. The number of methoxy groups -OCH3 is 1. The van der Waals surface area contributed by atoms with Gasteiger partial charge in [0.1, 0.15) is 5.75 Å². The van der Waals surface area contributed by atoms with Gasteiger partial charge in [-0.1, -0.05) is 37.3 Å². The summed E-state index contributed by atoms with van der Waals surface area (Å²) >= 11 is 0. The Bertz CT molecular complexity index is 973. The molecule has 2 amide bonds. The number of nitrogens with one attached hydrogen (secondary N) is 1. The molecular formula is C20H22N2O5S. The van der Waals surface area contributed by atoms with Gasteiger partial charge in [-0.2, -0.15) is 0 Å². The van der Waals surface area contributed by atoms with Crippen molar-refractivity contribution in [2.24, 2.45) is 0 Å². The highest BCUT2D eigenvalue weighted by Gasteiger charge is 2.33. The number of amides is 2. The largest absolute Gasteiger partial charge is 0.495 e. The summed E-state index contributed by atoms with van der Waals surface area (Å²) < 4.78 is 33.9. The zero-order valence-electron chi connectivity index (χ0n) is 15.7. The maximum absolute atomic E-state index is 13.0. The Morgan fingerprint density at radius 1 is 1.07 bits per heavy atom. The summed E-state index contributed by atoms with van der Waals surface area (Å²) in [4.78, 5) is 25.2. The smallest absolute Gasteiger partial charge is 0.241 e. The predicted molar refractivity (Wildman–Crippen MR) is 105 cm³/mol. The second-order valence-electron chi connectivity index (χ2n) is 6.45. The van der Waals surface area contributed by atoms with Gasteiger partial charge in [0.15, 0.2) is 0 Å². The Hall–Kier alpha value is -2.71. The number of sulfonamides is 1. The molecule has 1 aliphatic heterocycles. The van der Waals surface area contributed by atoms with Crippen LogP contribution in [0.1, 0.15) is 37.8 Å². The normalized spacial score (nSPS) is 15.7. The van der Waals surface area contributed by atoms with E-state index in [1.54, 1.807) is 0 Å². The summed E-state index contributed by atoms with van der Waals surface area (Å²) in [5.41, 5.74) is 0.998. The molecule has 3 rings (SSSR count). The van der Waals surface area contributed by atoms with E-state index in [9.17, 15) is 18.0 Å². The van der Waals surface area contributed by atoms with E-state index in [0.29, 0.717) is 6.42 Å². The standard InChI is InChI=1S/C20H22N2O5S/c1-3-16(14-7-5-4-6-8-14)21-28(25,26)15-9-10-18(27-2)17(13-15)22-19(23)11-12-20(22)24/h4-10,13,16,21H,3,11-12H2,1-2H3/t16-/m1/s1. The van der Waals surface area contributed by atoms with Crippen LogP contribution in [0.5, 0.6) is 5.75 Å². The lowest BCUT2D eigenvalue weighted by molar-refractivity contribution is -0.121. The molecule has 1 heterocycles. The molecule has 0 spiro atoms. The van der Waals surface area contributed by atoms with E-state index in [2.05, 4.69) is 4.72 Å².